The molecule has 1 aromatic heterocycles. The largest absolute Gasteiger partial charge is 0.618 e. The second-order valence-corrected chi connectivity index (χ2v) is 4.67. The lowest BCUT2D eigenvalue weighted by Crippen LogP contribution is -2.37. The first-order valence-corrected chi connectivity index (χ1v) is 6.64. The van der Waals surface area contributed by atoms with Crippen molar-refractivity contribution < 1.29 is 32.2 Å². The van der Waals surface area contributed by atoms with Gasteiger partial charge in [0.2, 0.25) is 0 Å². The van der Waals surface area contributed by atoms with Crippen molar-refractivity contribution in [3.05, 3.63) is 64.9 Å². The Morgan fingerprint density at radius 1 is 1.17 bits per heavy atom. The lowest BCUT2D eigenvalue weighted by molar-refractivity contribution is -0.608. The molecule has 6 nitrogen and oxygen atoms in total. The second kappa shape index (κ2) is 6.99. The summed E-state index contributed by atoms with van der Waals surface area (Å²) in [6.45, 7) is 1.17. The third kappa shape index (κ3) is 3.62. The van der Waals surface area contributed by atoms with Gasteiger partial charge >= 0.3 is 11.7 Å². The zero-order chi connectivity index (χ0) is 17.9. The maximum atomic E-state index is 13.5. The molecule has 0 saturated heterocycles. The van der Waals surface area contributed by atoms with Crippen LogP contribution in [0.3, 0.4) is 0 Å². The van der Waals surface area contributed by atoms with Crippen molar-refractivity contribution in [2.75, 3.05) is 5.32 Å². The average molecular weight is 340 g/mol. The summed E-state index contributed by atoms with van der Waals surface area (Å²) >= 11 is 0. The first-order chi connectivity index (χ1) is 11.3. The van der Waals surface area contributed by atoms with Gasteiger partial charge in [-0.2, -0.15) is 4.73 Å². The van der Waals surface area contributed by atoms with Gasteiger partial charge in [0.25, 0.3) is 5.91 Å². The molecular weight excluding hydrogens is 329 g/mol. The molecule has 0 aliphatic heterocycles. The predicted molar refractivity (Wildman–Crippen MR) is 75.2 cm³/mol. The molecule has 1 heterocycles. The summed E-state index contributed by atoms with van der Waals surface area (Å²) in [5.41, 5.74) is -0.962. The van der Waals surface area contributed by atoms with Gasteiger partial charge in [0.15, 0.2) is 29.8 Å². The van der Waals surface area contributed by atoms with Crippen LogP contribution in [0, 0.1) is 22.7 Å². The van der Waals surface area contributed by atoms with Crippen molar-refractivity contribution in [1.82, 2.24) is 0 Å². The number of nitrogens with zero attached hydrogens (tertiary/aromatic N) is 1. The van der Waals surface area contributed by atoms with E-state index in [9.17, 15) is 28.0 Å². The van der Waals surface area contributed by atoms with E-state index in [0.717, 1.165) is 12.3 Å². The monoisotopic (exact) mass is 340 g/mol. The predicted octanol–water partition coefficient (Wildman–Crippen LogP) is 1.92. The number of esters is 1. The van der Waals surface area contributed by atoms with E-state index in [1.165, 1.54) is 25.1 Å². The van der Waals surface area contributed by atoms with Crippen LogP contribution in [0.1, 0.15) is 17.4 Å². The Morgan fingerprint density at radius 2 is 1.88 bits per heavy atom. The molecule has 24 heavy (non-hydrogen) atoms. The first-order valence-electron chi connectivity index (χ1n) is 6.64. The highest BCUT2D eigenvalue weighted by molar-refractivity contribution is 5.96. The second-order valence-electron chi connectivity index (χ2n) is 4.67. The van der Waals surface area contributed by atoms with E-state index in [0.29, 0.717) is 6.07 Å². The molecule has 1 aromatic carbocycles. The number of carbonyl (C=O) groups excluding carboxylic acids is 2. The lowest BCUT2D eigenvalue weighted by atomic mass is 10.2. The number of amides is 1. The molecule has 1 amide bonds. The van der Waals surface area contributed by atoms with Gasteiger partial charge in [0, 0.05) is 12.1 Å². The third-order valence-electron chi connectivity index (χ3n) is 2.98. The molecule has 126 valence electrons. The number of hydrogen-bond acceptors (Lipinski definition) is 4. The summed E-state index contributed by atoms with van der Waals surface area (Å²) in [5, 5.41) is 13.4. The Balaban J connectivity index is 2.07. The summed E-state index contributed by atoms with van der Waals surface area (Å²) in [7, 11) is 0. The fourth-order valence-corrected chi connectivity index (χ4v) is 1.72. The van der Waals surface area contributed by atoms with Crippen molar-refractivity contribution in [1.29, 1.82) is 0 Å². The molecule has 2 aromatic rings. The zero-order valence-corrected chi connectivity index (χ0v) is 12.3. The lowest BCUT2D eigenvalue weighted by Gasteiger charge is -2.13. The Kier molecular flexibility index (Phi) is 5.02. The van der Waals surface area contributed by atoms with E-state index < -0.39 is 41.1 Å². The topological polar surface area (TPSA) is 82.3 Å². The van der Waals surface area contributed by atoms with E-state index in [4.69, 9.17) is 4.74 Å². The Labute approximate surface area is 134 Å². The van der Waals surface area contributed by atoms with Gasteiger partial charge in [-0.3, -0.25) is 4.79 Å². The Bertz CT molecular complexity index is 798. The molecule has 0 bridgehead atoms. The molecule has 0 radical (unpaired) electrons. The molecule has 2 rings (SSSR count). The molecule has 9 heteroatoms. The van der Waals surface area contributed by atoms with Gasteiger partial charge in [-0.25, -0.2) is 18.0 Å². The fourth-order valence-electron chi connectivity index (χ4n) is 1.72. The summed E-state index contributed by atoms with van der Waals surface area (Å²) in [6.07, 6.45) is -0.344. The maximum absolute atomic E-state index is 13.5. The number of ether oxygens (including phenoxy) is 1. The van der Waals surface area contributed by atoms with Crippen LogP contribution in [0.4, 0.5) is 18.9 Å². The van der Waals surface area contributed by atoms with Crippen LogP contribution >= 0.6 is 0 Å². The quantitative estimate of drug-likeness (QED) is 0.399. The summed E-state index contributed by atoms with van der Waals surface area (Å²) < 4.78 is 44.4. The maximum Gasteiger partial charge on any atom is 0.405 e. The third-order valence-corrected chi connectivity index (χ3v) is 2.98. The minimum absolute atomic E-state index is 0.252. The average Bonchev–Trinajstić information content (AvgIpc) is 2.55. The van der Waals surface area contributed by atoms with Crippen LogP contribution < -0.4 is 10.0 Å². The number of nitrogens with one attached hydrogen (secondary N) is 1. The van der Waals surface area contributed by atoms with Gasteiger partial charge < -0.3 is 15.3 Å². The molecule has 1 N–H and O–H groups in total. The minimum atomic E-state index is -1.74. The van der Waals surface area contributed by atoms with Gasteiger partial charge in [-0.1, -0.05) is 0 Å². The number of anilines is 1. The van der Waals surface area contributed by atoms with Gasteiger partial charge in [0.05, 0.1) is 5.69 Å². The first kappa shape index (κ1) is 17.3. The van der Waals surface area contributed by atoms with E-state index in [-0.39, 0.29) is 10.4 Å². The minimum Gasteiger partial charge on any atom is -0.618 e. The van der Waals surface area contributed by atoms with Crippen molar-refractivity contribution in [3.8, 4) is 0 Å². The van der Waals surface area contributed by atoms with Gasteiger partial charge in [-0.15, -0.1) is 0 Å². The highest BCUT2D eigenvalue weighted by atomic mass is 19.2. The van der Waals surface area contributed by atoms with Crippen LogP contribution in [0.15, 0.2) is 36.5 Å². The fraction of sp³-hybridized carbons (Fsp3) is 0.133. The standard InChI is InChI=1S/C15H11F3N2O4/c1-8(24-15(22)11-4-2-3-7-20(11)23)14(21)19-10-6-5-9(16)12(17)13(10)18/h2-8H,1H3,(H,19,21)/t8-/m1/s1. The smallest absolute Gasteiger partial charge is 0.405 e. The summed E-state index contributed by atoms with van der Waals surface area (Å²) in [4.78, 5) is 23.6. The molecule has 0 spiro atoms. The molecule has 1 atom stereocenters. The molecular formula is C15H11F3N2O4. The van der Waals surface area contributed by atoms with E-state index in [1.54, 1.807) is 0 Å². The molecule has 0 aliphatic rings. The number of benzene rings is 1. The summed E-state index contributed by atoms with van der Waals surface area (Å²) in [6, 6.07) is 5.46. The number of hydrogen-bond donors (Lipinski definition) is 1. The molecule has 0 aliphatic carbocycles. The Hall–Kier alpha value is -3.10. The van der Waals surface area contributed by atoms with E-state index >= 15 is 0 Å². The van der Waals surface area contributed by atoms with Crippen LogP contribution in [0.25, 0.3) is 0 Å². The van der Waals surface area contributed by atoms with Crippen LogP contribution in [0.2, 0.25) is 0 Å². The normalized spacial score (nSPS) is 11.7. The van der Waals surface area contributed by atoms with Gasteiger partial charge in [-0.05, 0) is 25.1 Å². The number of halogens is 3. The zero-order valence-electron chi connectivity index (χ0n) is 12.3. The van der Waals surface area contributed by atoms with Crippen molar-refractivity contribution >= 4 is 17.6 Å². The molecule has 0 fully saturated rings. The van der Waals surface area contributed by atoms with Crippen molar-refractivity contribution in [3.63, 3.8) is 0 Å². The van der Waals surface area contributed by atoms with Crippen LogP contribution in [0.5, 0.6) is 0 Å². The highest BCUT2D eigenvalue weighted by Crippen LogP contribution is 2.20. The number of pyridine rings is 1. The van der Waals surface area contributed by atoms with Gasteiger partial charge in [0.1, 0.15) is 0 Å². The Morgan fingerprint density at radius 3 is 2.54 bits per heavy atom. The van der Waals surface area contributed by atoms with E-state index in [1.807, 2.05) is 5.32 Å². The van der Waals surface area contributed by atoms with Crippen LogP contribution in [-0.2, 0) is 9.53 Å². The van der Waals surface area contributed by atoms with Crippen molar-refractivity contribution in [2.45, 2.75) is 13.0 Å². The molecule has 0 unspecified atom stereocenters. The highest BCUT2D eigenvalue weighted by Gasteiger charge is 2.25. The number of aromatic nitrogens is 1. The number of carbonyl (C=O) groups is 2. The van der Waals surface area contributed by atoms with E-state index in [2.05, 4.69) is 0 Å². The van der Waals surface area contributed by atoms with Crippen LogP contribution in [-0.4, -0.2) is 18.0 Å². The SMILES string of the molecule is C[C@@H](OC(=O)c1cccc[n+]1[O-])C(=O)Nc1ccc(F)c(F)c1F. The number of rotatable bonds is 4. The van der Waals surface area contributed by atoms with Crippen molar-refractivity contribution in [2.24, 2.45) is 0 Å². The summed E-state index contributed by atoms with van der Waals surface area (Å²) in [5.74, 6) is -6.79. The molecule has 0 saturated carbocycles.